The molecule has 23 heavy (non-hydrogen) atoms. The van der Waals surface area contributed by atoms with E-state index in [1.165, 1.54) is 24.3 Å². The van der Waals surface area contributed by atoms with Crippen LogP contribution in [0.4, 0.5) is 0 Å². The Balaban J connectivity index is 0.00000192. The van der Waals surface area contributed by atoms with E-state index in [4.69, 9.17) is 14.3 Å². The van der Waals surface area contributed by atoms with Crippen LogP contribution in [0.25, 0.3) is 21.9 Å². The van der Waals surface area contributed by atoms with Gasteiger partial charge in [-0.2, -0.15) is 0 Å². The van der Waals surface area contributed by atoms with Crippen LogP contribution in [0.1, 0.15) is 10.4 Å². The SMILES string of the molecule is O=C([O-])c1ccc2oc3ccc(OCCO)cc3c(=O)c2c1.[Na+]. The summed E-state index contributed by atoms with van der Waals surface area (Å²) in [6.07, 6.45) is 0. The van der Waals surface area contributed by atoms with Crippen molar-refractivity contribution in [2.75, 3.05) is 13.2 Å². The molecular weight excluding hydrogens is 311 g/mol. The number of carboxylic acid groups (broad SMARTS) is 1. The number of carboxylic acids is 1. The first-order chi connectivity index (χ1) is 10.6. The van der Waals surface area contributed by atoms with Gasteiger partial charge in [-0.15, -0.1) is 0 Å². The third-order valence-corrected chi connectivity index (χ3v) is 3.24. The summed E-state index contributed by atoms with van der Waals surface area (Å²) >= 11 is 0. The number of aromatic carboxylic acids is 1. The van der Waals surface area contributed by atoms with Crippen molar-refractivity contribution in [3.05, 3.63) is 52.2 Å². The Morgan fingerprint density at radius 3 is 2.43 bits per heavy atom. The van der Waals surface area contributed by atoms with Crippen molar-refractivity contribution >= 4 is 27.9 Å². The molecule has 0 unspecified atom stereocenters. The molecule has 3 aromatic rings. The number of aliphatic hydroxyl groups excluding tert-OH is 1. The fourth-order valence-corrected chi connectivity index (χ4v) is 2.22. The number of aliphatic hydroxyl groups is 1. The zero-order valence-electron chi connectivity index (χ0n) is 12.4. The van der Waals surface area contributed by atoms with Gasteiger partial charge in [-0.3, -0.25) is 4.79 Å². The van der Waals surface area contributed by atoms with Crippen LogP contribution in [0, 0.1) is 0 Å². The molecule has 1 aromatic heterocycles. The average Bonchev–Trinajstić information content (AvgIpc) is 2.53. The van der Waals surface area contributed by atoms with E-state index in [0.717, 1.165) is 0 Å². The predicted molar refractivity (Wildman–Crippen MR) is 76.9 cm³/mol. The molecule has 0 saturated carbocycles. The second-order valence-electron chi connectivity index (χ2n) is 4.66. The van der Waals surface area contributed by atoms with Gasteiger partial charge in [-0.25, -0.2) is 0 Å². The topological polar surface area (TPSA) is 99.8 Å². The Bertz CT molecular complexity index is 931. The molecule has 0 radical (unpaired) electrons. The van der Waals surface area contributed by atoms with Gasteiger partial charge in [0, 0.05) is 0 Å². The summed E-state index contributed by atoms with van der Waals surface area (Å²) in [5, 5.41) is 20.1. The van der Waals surface area contributed by atoms with Gasteiger partial charge in [0.05, 0.1) is 23.3 Å². The van der Waals surface area contributed by atoms with Gasteiger partial charge in [-0.05, 0) is 42.0 Å². The molecule has 112 valence electrons. The first kappa shape index (κ1) is 17.5. The van der Waals surface area contributed by atoms with Crippen LogP contribution in [0.15, 0.2) is 45.6 Å². The molecule has 0 spiro atoms. The number of carbonyl (C=O) groups is 1. The Hall–Kier alpha value is -1.86. The third-order valence-electron chi connectivity index (χ3n) is 3.24. The van der Waals surface area contributed by atoms with E-state index in [-0.39, 0.29) is 64.5 Å². The fraction of sp³-hybridized carbons (Fsp3) is 0.125. The van der Waals surface area contributed by atoms with Gasteiger partial charge in [0.1, 0.15) is 23.5 Å². The number of hydrogen-bond acceptors (Lipinski definition) is 6. The van der Waals surface area contributed by atoms with Crippen molar-refractivity contribution in [3.8, 4) is 5.75 Å². The quantitative estimate of drug-likeness (QED) is 0.428. The molecule has 0 fully saturated rings. The molecule has 0 aliphatic carbocycles. The van der Waals surface area contributed by atoms with Gasteiger partial charge in [-0.1, -0.05) is 0 Å². The zero-order valence-corrected chi connectivity index (χ0v) is 14.4. The molecule has 6 nitrogen and oxygen atoms in total. The summed E-state index contributed by atoms with van der Waals surface area (Å²) in [6, 6.07) is 8.71. The second kappa shape index (κ2) is 7.14. The average molecular weight is 322 g/mol. The van der Waals surface area contributed by atoms with Crippen molar-refractivity contribution in [1.82, 2.24) is 0 Å². The molecule has 2 aromatic carbocycles. The summed E-state index contributed by atoms with van der Waals surface area (Å²) in [4.78, 5) is 23.4. The molecule has 0 aliphatic rings. The number of benzene rings is 2. The van der Waals surface area contributed by atoms with Crippen molar-refractivity contribution in [2.45, 2.75) is 0 Å². The van der Waals surface area contributed by atoms with E-state index < -0.39 is 5.97 Å². The van der Waals surface area contributed by atoms with Crippen LogP contribution in [-0.2, 0) is 0 Å². The standard InChI is InChI=1S/C16H12O6.Na/c17-5-6-21-10-2-4-14-12(8-10)15(18)11-7-9(16(19)20)1-3-13(11)22-14;/h1-4,7-8,17H,5-6H2,(H,19,20);/q;+1/p-1. The minimum Gasteiger partial charge on any atom is -0.545 e. The van der Waals surface area contributed by atoms with E-state index in [2.05, 4.69) is 0 Å². The normalized spacial score (nSPS) is 10.5. The third kappa shape index (κ3) is 3.40. The summed E-state index contributed by atoms with van der Waals surface area (Å²) in [6.45, 7) is -0.0292. The van der Waals surface area contributed by atoms with Gasteiger partial charge in [0.25, 0.3) is 0 Å². The minimum absolute atomic E-state index is 0. The van der Waals surface area contributed by atoms with Gasteiger partial charge >= 0.3 is 29.6 Å². The zero-order chi connectivity index (χ0) is 15.7. The summed E-state index contributed by atoms with van der Waals surface area (Å²) < 4.78 is 10.9. The van der Waals surface area contributed by atoms with Crippen molar-refractivity contribution < 1.29 is 53.7 Å². The first-order valence-corrected chi connectivity index (χ1v) is 6.56. The maximum absolute atomic E-state index is 12.5. The molecule has 0 aliphatic heterocycles. The molecular formula is C16H11NaO6. The van der Waals surface area contributed by atoms with Crippen LogP contribution in [0.2, 0.25) is 0 Å². The van der Waals surface area contributed by atoms with E-state index in [1.807, 2.05) is 0 Å². The van der Waals surface area contributed by atoms with Crippen molar-refractivity contribution in [3.63, 3.8) is 0 Å². The molecule has 7 heteroatoms. The number of rotatable bonds is 4. The van der Waals surface area contributed by atoms with Crippen LogP contribution in [0.5, 0.6) is 5.75 Å². The van der Waals surface area contributed by atoms with Crippen LogP contribution >= 0.6 is 0 Å². The smallest absolute Gasteiger partial charge is 0.545 e. The van der Waals surface area contributed by atoms with E-state index >= 15 is 0 Å². The molecule has 3 rings (SSSR count). The number of fused-ring (bicyclic) bond motifs is 2. The van der Waals surface area contributed by atoms with Gasteiger partial charge in [0.15, 0.2) is 0 Å². The van der Waals surface area contributed by atoms with Gasteiger partial charge in [0.2, 0.25) is 5.43 Å². The summed E-state index contributed by atoms with van der Waals surface area (Å²) in [5.74, 6) is -0.939. The Morgan fingerprint density at radius 2 is 1.78 bits per heavy atom. The Kier molecular flexibility index (Phi) is 5.43. The van der Waals surface area contributed by atoms with Crippen LogP contribution in [-0.4, -0.2) is 24.3 Å². The van der Waals surface area contributed by atoms with E-state index in [0.29, 0.717) is 16.9 Å². The number of hydrogen-bond donors (Lipinski definition) is 1. The predicted octanol–water partition coefficient (Wildman–Crippen LogP) is -2.32. The van der Waals surface area contributed by atoms with Crippen LogP contribution < -0.4 is 44.8 Å². The fourth-order valence-electron chi connectivity index (χ4n) is 2.22. The maximum atomic E-state index is 12.5. The first-order valence-electron chi connectivity index (χ1n) is 6.56. The minimum atomic E-state index is -1.36. The van der Waals surface area contributed by atoms with Crippen molar-refractivity contribution in [2.24, 2.45) is 0 Å². The van der Waals surface area contributed by atoms with Crippen LogP contribution in [0.3, 0.4) is 0 Å². The molecule has 0 bridgehead atoms. The largest absolute Gasteiger partial charge is 1.00 e. The molecule has 0 atom stereocenters. The summed E-state index contributed by atoms with van der Waals surface area (Å²) in [5.41, 5.74) is 0.224. The maximum Gasteiger partial charge on any atom is 1.00 e. The second-order valence-corrected chi connectivity index (χ2v) is 4.66. The van der Waals surface area contributed by atoms with Crippen molar-refractivity contribution in [1.29, 1.82) is 0 Å². The van der Waals surface area contributed by atoms with Gasteiger partial charge < -0.3 is 24.2 Å². The number of carbonyl (C=O) groups excluding carboxylic acids is 1. The monoisotopic (exact) mass is 322 g/mol. The number of ether oxygens (including phenoxy) is 1. The molecule has 0 amide bonds. The van der Waals surface area contributed by atoms with E-state index in [1.54, 1.807) is 12.1 Å². The molecule has 1 heterocycles. The Morgan fingerprint density at radius 1 is 1.13 bits per heavy atom. The summed E-state index contributed by atoms with van der Waals surface area (Å²) in [7, 11) is 0. The molecule has 1 N–H and O–H groups in total. The van der Waals surface area contributed by atoms with E-state index in [9.17, 15) is 14.7 Å². The Labute approximate surface area is 152 Å². The molecule has 0 saturated heterocycles.